The minimum absolute atomic E-state index is 0.156. The van der Waals surface area contributed by atoms with Gasteiger partial charge >= 0.3 is 0 Å². The molecule has 1 aliphatic rings. The number of benzene rings is 1. The summed E-state index contributed by atoms with van der Waals surface area (Å²) >= 11 is 0. The van der Waals surface area contributed by atoms with E-state index < -0.39 is 0 Å². The normalized spacial score (nSPS) is 22.4. The lowest BCUT2D eigenvalue weighted by Crippen LogP contribution is -2.37. The van der Waals surface area contributed by atoms with E-state index in [1.165, 1.54) is 5.56 Å². The van der Waals surface area contributed by atoms with Crippen molar-refractivity contribution in [2.75, 3.05) is 18.4 Å². The molecule has 1 fully saturated rings. The Morgan fingerprint density at radius 1 is 1.32 bits per heavy atom. The van der Waals surface area contributed by atoms with Crippen LogP contribution in [-0.2, 0) is 11.2 Å². The lowest BCUT2D eigenvalue weighted by molar-refractivity contribution is -0.124. The minimum atomic E-state index is -0.220. The first-order valence-corrected chi connectivity index (χ1v) is 7.31. The molecule has 0 spiro atoms. The second kappa shape index (κ2) is 6.20. The molecule has 3 nitrogen and oxygen atoms in total. The maximum Gasteiger partial charge on any atom is 0.231 e. The Morgan fingerprint density at radius 2 is 2.05 bits per heavy atom. The van der Waals surface area contributed by atoms with Crippen molar-refractivity contribution in [1.29, 1.82) is 0 Å². The highest BCUT2D eigenvalue weighted by Gasteiger charge is 2.39. The van der Waals surface area contributed by atoms with Crippen LogP contribution in [0.3, 0.4) is 0 Å². The summed E-state index contributed by atoms with van der Waals surface area (Å²) in [7, 11) is 0. The fourth-order valence-corrected chi connectivity index (χ4v) is 2.71. The summed E-state index contributed by atoms with van der Waals surface area (Å²) < 4.78 is 0. The summed E-state index contributed by atoms with van der Waals surface area (Å²) in [5.74, 6) is 0.156. The summed E-state index contributed by atoms with van der Waals surface area (Å²) in [6.45, 7) is 6.00. The van der Waals surface area contributed by atoms with Gasteiger partial charge in [0.2, 0.25) is 5.91 Å². The molecule has 0 bridgehead atoms. The average Bonchev–Trinajstić information content (AvgIpc) is 2.91. The second-order valence-corrected chi connectivity index (χ2v) is 5.46. The van der Waals surface area contributed by atoms with Crippen LogP contribution in [0.15, 0.2) is 24.3 Å². The average molecular weight is 260 g/mol. The van der Waals surface area contributed by atoms with Crippen molar-refractivity contribution in [2.24, 2.45) is 5.41 Å². The molecule has 104 valence electrons. The fourth-order valence-electron chi connectivity index (χ4n) is 2.71. The molecule has 1 saturated heterocycles. The Labute approximate surface area is 115 Å². The largest absolute Gasteiger partial charge is 0.326 e. The molecule has 2 N–H and O–H groups in total. The van der Waals surface area contributed by atoms with Gasteiger partial charge in [-0.25, -0.2) is 0 Å². The molecule has 2 rings (SSSR count). The predicted molar refractivity (Wildman–Crippen MR) is 79.3 cm³/mol. The molecule has 19 heavy (non-hydrogen) atoms. The van der Waals surface area contributed by atoms with Crippen LogP contribution in [0, 0.1) is 5.41 Å². The summed E-state index contributed by atoms with van der Waals surface area (Å²) in [5.41, 5.74) is 2.01. The van der Waals surface area contributed by atoms with Gasteiger partial charge in [-0.05, 0) is 43.5 Å². The van der Waals surface area contributed by atoms with Gasteiger partial charge in [-0.1, -0.05) is 32.4 Å². The van der Waals surface area contributed by atoms with Crippen LogP contribution in [0.2, 0.25) is 0 Å². The van der Waals surface area contributed by atoms with Gasteiger partial charge in [0.1, 0.15) is 0 Å². The standard InChI is InChI=1S/C16H24N2O/c1-3-5-13-6-8-14(9-7-13)18-15(19)16(4-2)10-11-17-12-16/h6-9,17H,3-5,10-12H2,1-2H3,(H,18,19). The van der Waals surface area contributed by atoms with Crippen molar-refractivity contribution in [2.45, 2.75) is 39.5 Å². The maximum absolute atomic E-state index is 12.4. The summed E-state index contributed by atoms with van der Waals surface area (Å²) in [5, 5.41) is 6.36. The van der Waals surface area contributed by atoms with Crippen LogP contribution in [-0.4, -0.2) is 19.0 Å². The first kappa shape index (κ1) is 14.1. The molecule has 1 unspecified atom stereocenters. The summed E-state index contributed by atoms with van der Waals surface area (Å²) in [6.07, 6.45) is 4.07. The second-order valence-electron chi connectivity index (χ2n) is 5.46. The van der Waals surface area contributed by atoms with E-state index in [-0.39, 0.29) is 11.3 Å². The molecular weight excluding hydrogens is 236 g/mol. The van der Waals surface area contributed by atoms with Crippen LogP contribution in [0.1, 0.15) is 38.7 Å². The van der Waals surface area contributed by atoms with Crippen LogP contribution in [0.4, 0.5) is 5.69 Å². The number of carbonyl (C=O) groups is 1. The highest BCUT2D eigenvalue weighted by Crippen LogP contribution is 2.30. The highest BCUT2D eigenvalue weighted by molar-refractivity contribution is 5.95. The number of nitrogens with one attached hydrogen (secondary N) is 2. The number of hydrogen-bond acceptors (Lipinski definition) is 2. The topological polar surface area (TPSA) is 41.1 Å². The molecule has 0 aliphatic carbocycles. The molecule has 1 amide bonds. The Kier molecular flexibility index (Phi) is 4.59. The first-order chi connectivity index (χ1) is 9.20. The number of carbonyl (C=O) groups excluding carboxylic acids is 1. The summed E-state index contributed by atoms with van der Waals surface area (Å²) in [6, 6.07) is 8.22. The summed E-state index contributed by atoms with van der Waals surface area (Å²) in [4.78, 5) is 12.4. The van der Waals surface area contributed by atoms with Crippen molar-refractivity contribution < 1.29 is 4.79 Å². The van der Waals surface area contributed by atoms with Gasteiger partial charge in [0.25, 0.3) is 0 Å². The van der Waals surface area contributed by atoms with E-state index in [9.17, 15) is 4.79 Å². The van der Waals surface area contributed by atoms with E-state index in [1.807, 2.05) is 12.1 Å². The first-order valence-electron chi connectivity index (χ1n) is 7.31. The van der Waals surface area contributed by atoms with Gasteiger partial charge in [0.15, 0.2) is 0 Å². The van der Waals surface area contributed by atoms with E-state index >= 15 is 0 Å². The number of amides is 1. The number of anilines is 1. The number of aryl methyl sites for hydroxylation is 1. The smallest absolute Gasteiger partial charge is 0.231 e. The van der Waals surface area contributed by atoms with E-state index in [1.54, 1.807) is 0 Å². The molecule has 1 aliphatic heterocycles. The van der Waals surface area contributed by atoms with Crippen molar-refractivity contribution in [3.05, 3.63) is 29.8 Å². The molecule has 0 radical (unpaired) electrons. The third-order valence-corrected chi connectivity index (χ3v) is 4.15. The monoisotopic (exact) mass is 260 g/mol. The Bertz CT molecular complexity index is 419. The van der Waals surface area contributed by atoms with Gasteiger partial charge in [-0.15, -0.1) is 0 Å². The zero-order chi connectivity index (χ0) is 13.7. The van der Waals surface area contributed by atoms with Gasteiger partial charge in [0.05, 0.1) is 5.41 Å². The van der Waals surface area contributed by atoms with E-state index in [0.29, 0.717) is 0 Å². The Morgan fingerprint density at radius 3 is 2.58 bits per heavy atom. The SMILES string of the molecule is CCCc1ccc(NC(=O)C2(CC)CCNC2)cc1. The van der Waals surface area contributed by atoms with Crippen molar-refractivity contribution in [3.63, 3.8) is 0 Å². The molecule has 1 atom stereocenters. The molecule has 1 heterocycles. The zero-order valence-corrected chi connectivity index (χ0v) is 12.0. The van der Waals surface area contributed by atoms with Crippen molar-refractivity contribution in [1.82, 2.24) is 5.32 Å². The lowest BCUT2D eigenvalue weighted by Gasteiger charge is -2.25. The third-order valence-electron chi connectivity index (χ3n) is 4.15. The predicted octanol–water partition coefficient (Wildman–Crippen LogP) is 2.97. The maximum atomic E-state index is 12.4. The van der Waals surface area contributed by atoms with Gasteiger partial charge < -0.3 is 10.6 Å². The fraction of sp³-hybridized carbons (Fsp3) is 0.562. The van der Waals surface area contributed by atoms with E-state index in [2.05, 4.69) is 36.6 Å². The van der Waals surface area contributed by atoms with Crippen LogP contribution in [0.5, 0.6) is 0 Å². The van der Waals surface area contributed by atoms with Crippen molar-refractivity contribution >= 4 is 11.6 Å². The molecule has 0 saturated carbocycles. The lowest BCUT2D eigenvalue weighted by atomic mass is 9.83. The van der Waals surface area contributed by atoms with Gasteiger partial charge in [0, 0.05) is 12.2 Å². The zero-order valence-electron chi connectivity index (χ0n) is 12.0. The number of hydrogen-bond donors (Lipinski definition) is 2. The highest BCUT2D eigenvalue weighted by atomic mass is 16.2. The molecular formula is C16H24N2O. The molecule has 0 aromatic heterocycles. The van der Waals surface area contributed by atoms with Crippen LogP contribution < -0.4 is 10.6 Å². The van der Waals surface area contributed by atoms with E-state index in [0.717, 1.165) is 44.5 Å². The molecule has 1 aromatic rings. The van der Waals surface area contributed by atoms with Crippen LogP contribution in [0.25, 0.3) is 0 Å². The van der Waals surface area contributed by atoms with Gasteiger partial charge in [-0.2, -0.15) is 0 Å². The third kappa shape index (κ3) is 3.16. The molecule has 3 heteroatoms. The quantitative estimate of drug-likeness (QED) is 0.854. The molecule has 1 aromatic carbocycles. The van der Waals surface area contributed by atoms with Crippen LogP contribution >= 0.6 is 0 Å². The van der Waals surface area contributed by atoms with Gasteiger partial charge in [-0.3, -0.25) is 4.79 Å². The Balaban J connectivity index is 2.02. The van der Waals surface area contributed by atoms with Crippen molar-refractivity contribution in [3.8, 4) is 0 Å². The number of rotatable bonds is 5. The Hall–Kier alpha value is -1.35. The minimum Gasteiger partial charge on any atom is -0.326 e. The van der Waals surface area contributed by atoms with E-state index in [4.69, 9.17) is 0 Å².